The predicted octanol–water partition coefficient (Wildman–Crippen LogP) is 4.06. The van der Waals surface area contributed by atoms with Crippen LogP contribution in [0.2, 0.25) is 0 Å². The van der Waals surface area contributed by atoms with Gasteiger partial charge in [-0.25, -0.2) is 0 Å². The van der Waals surface area contributed by atoms with Crippen LogP contribution in [0.15, 0.2) is 51.5 Å². The zero-order valence-electron chi connectivity index (χ0n) is 10.8. The van der Waals surface area contributed by atoms with Gasteiger partial charge in [0.05, 0.1) is 0 Å². The molecule has 2 N–H and O–H groups in total. The SMILES string of the molecule is Cc1ccc(Br)cc1-c1nc(-c2cccc(N)c2)no1. The Balaban J connectivity index is 2.04. The van der Waals surface area contributed by atoms with Crippen LogP contribution in [0.1, 0.15) is 5.56 Å². The van der Waals surface area contributed by atoms with Crippen LogP contribution in [0.5, 0.6) is 0 Å². The molecule has 0 amide bonds. The molecule has 5 heteroatoms. The number of nitrogen functional groups attached to an aromatic ring is 1. The topological polar surface area (TPSA) is 64.9 Å². The van der Waals surface area contributed by atoms with Crippen molar-refractivity contribution in [2.75, 3.05) is 5.73 Å². The fraction of sp³-hybridized carbons (Fsp3) is 0.0667. The zero-order chi connectivity index (χ0) is 14.1. The molecule has 0 atom stereocenters. The fourth-order valence-electron chi connectivity index (χ4n) is 1.95. The smallest absolute Gasteiger partial charge is 0.258 e. The van der Waals surface area contributed by atoms with Crippen LogP contribution in [-0.4, -0.2) is 10.1 Å². The molecule has 2 aromatic carbocycles. The molecule has 3 rings (SSSR count). The minimum atomic E-state index is 0.501. The summed E-state index contributed by atoms with van der Waals surface area (Å²) in [7, 11) is 0. The van der Waals surface area contributed by atoms with Gasteiger partial charge < -0.3 is 10.3 Å². The summed E-state index contributed by atoms with van der Waals surface area (Å²) in [5.74, 6) is 1.04. The van der Waals surface area contributed by atoms with Crippen LogP contribution in [0.4, 0.5) is 5.69 Å². The van der Waals surface area contributed by atoms with E-state index < -0.39 is 0 Å². The zero-order valence-corrected chi connectivity index (χ0v) is 12.4. The molecule has 4 nitrogen and oxygen atoms in total. The second-order valence-corrected chi connectivity index (χ2v) is 5.42. The van der Waals surface area contributed by atoms with E-state index in [4.69, 9.17) is 10.3 Å². The number of hydrogen-bond acceptors (Lipinski definition) is 4. The number of aromatic nitrogens is 2. The van der Waals surface area contributed by atoms with E-state index in [1.807, 2.05) is 49.4 Å². The number of nitrogens with two attached hydrogens (primary N) is 1. The molecule has 0 unspecified atom stereocenters. The van der Waals surface area contributed by atoms with Gasteiger partial charge in [-0.1, -0.05) is 39.3 Å². The first-order valence-corrected chi connectivity index (χ1v) is 6.89. The summed E-state index contributed by atoms with van der Waals surface area (Å²) in [5.41, 5.74) is 9.28. The van der Waals surface area contributed by atoms with Crippen molar-refractivity contribution in [2.45, 2.75) is 6.92 Å². The number of rotatable bonds is 2. The first kappa shape index (κ1) is 12.9. The third-order valence-electron chi connectivity index (χ3n) is 3.00. The van der Waals surface area contributed by atoms with Gasteiger partial charge >= 0.3 is 0 Å². The van der Waals surface area contributed by atoms with E-state index in [1.54, 1.807) is 0 Å². The quantitative estimate of drug-likeness (QED) is 0.720. The summed E-state index contributed by atoms with van der Waals surface area (Å²) >= 11 is 3.45. The van der Waals surface area contributed by atoms with Gasteiger partial charge in [0.1, 0.15) is 0 Å². The summed E-state index contributed by atoms with van der Waals surface area (Å²) in [5, 5.41) is 4.02. The highest BCUT2D eigenvalue weighted by molar-refractivity contribution is 9.10. The van der Waals surface area contributed by atoms with Crippen LogP contribution in [-0.2, 0) is 0 Å². The van der Waals surface area contributed by atoms with Crippen molar-refractivity contribution in [1.82, 2.24) is 10.1 Å². The minimum absolute atomic E-state index is 0.501. The second-order valence-electron chi connectivity index (χ2n) is 4.51. The van der Waals surface area contributed by atoms with Crippen molar-refractivity contribution in [3.8, 4) is 22.8 Å². The van der Waals surface area contributed by atoms with Gasteiger partial charge in [-0.15, -0.1) is 0 Å². The third kappa shape index (κ3) is 2.44. The maximum absolute atomic E-state index is 5.77. The van der Waals surface area contributed by atoms with Crippen molar-refractivity contribution < 1.29 is 4.52 Å². The fourth-order valence-corrected chi connectivity index (χ4v) is 2.31. The first-order valence-electron chi connectivity index (χ1n) is 6.09. The predicted molar refractivity (Wildman–Crippen MR) is 82.0 cm³/mol. The summed E-state index contributed by atoms with van der Waals surface area (Å²) in [6.45, 7) is 2.01. The normalized spacial score (nSPS) is 10.7. The van der Waals surface area contributed by atoms with Crippen LogP contribution in [0, 0.1) is 6.92 Å². The lowest BCUT2D eigenvalue weighted by Crippen LogP contribution is -1.87. The van der Waals surface area contributed by atoms with Gasteiger partial charge in [-0.3, -0.25) is 0 Å². The molecular formula is C15H12BrN3O. The van der Waals surface area contributed by atoms with Crippen LogP contribution in [0.3, 0.4) is 0 Å². The van der Waals surface area contributed by atoms with Gasteiger partial charge in [0, 0.05) is 21.3 Å². The molecule has 0 aliphatic heterocycles. The van der Waals surface area contributed by atoms with Crippen molar-refractivity contribution in [1.29, 1.82) is 0 Å². The Morgan fingerprint density at radius 2 is 2.00 bits per heavy atom. The maximum Gasteiger partial charge on any atom is 0.258 e. The Morgan fingerprint density at radius 3 is 2.80 bits per heavy atom. The van der Waals surface area contributed by atoms with Crippen molar-refractivity contribution >= 4 is 21.6 Å². The largest absolute Gasteiger partial charge is 0.399 e. The molecule has 0 bridgehead atoms. The average Bonchev–Trinajstić information content (AvgIpc) is 2.91. The summed E-state index contributed by atoms with van der Waals surface area (Å²) in [6.07, 6.45) is 0. The Bertz CT molecular complexity index is 767. The van der Waals surface area contributed by atoms with Crippen LogP contribution < -0.4 is 5.73 Å². The molecule has 0 fully saturated rings. The number of halogens is 1. The highest BCUT2D eigenvalue weighted by atomic mass is 79.9. The van der Waals surface area contributed by atoms with Gasteiger partial charge in [-0.05, 0) is 36.8 Å². The van der Waals surface area contributed by atoms with Gasteiger partial charge in [0.15, 0.2) is 0 Å². The molecule has 1 heterocycles. The number of aryl methyl sites for hydroxylation is 1. The van der Waals surface area contributed by atoms with E-state index in [0.717, 1.165) is 21.2 Å². The minimum Gasteiger partial charge on any atom is -0.399 e. The molecule has 0 saturated carbocycles. The van der Waals surface area contributed by atoms with E-state index in [2.05, 4.69) is 26.1 Å². The Hall–Kier alpha value is -2.14. The van der Waals surface area contributed by atoms with E-state index >= 15 is 0 Å². The molecule has 0 aliphatic carbocycles. The monoisotopic (exact) mass is 329 g/mol. The number of benzene rings is 2. The van der Waals surface area contributed by atoms with Crippen molar-refractivity contribution in [2.24, 2.45) is 0 Å². The molecular weight excluding hydrogens is 318 g/mol. The Kier molecular flexibility index (Phi) is 3.28. The van der Waals surface area contributed by atoms with Crippen LogP contribution in [0.25, 0.3) is 22.8 Å². The van der Waals surface area contributed by atoms with E-state index in [1.165, 1.54) is 0 Å². The third-order valence-corrected chi connectivity index (χ3v) is 3.49. The first-order chi connectivity index (χ1) is 9.63. The molecule has 0 spiro atoms. The van der Waals surface area contributed by atoms with Crippen molar-refractivity contribution in [3.05, 3.63) is 52.5 Å². The molecule has 20 heavy (non-hydrogen) atoms. The lowest BCUT2D eigenvalue weighted by molar-refractivity contribution is 0.432. The Labute approximate surface area is 124 Å². The average molecular weight is 330 g/mol. The molecule has 0 saturated heterocycles. The highest BCUT2D eigenvalue weighted by Gasteiger charge is 2.13. The van der Waals surface area contributed by atoms with E-state index in [9.17, 15) is 0 Å². The summed E-state index contributed by atoms with van der Waals surface area (Å²) in [6, 6.07) is 13.4. The standard InChI is InChI=1S/C15H12BrN3O/c1-9-5-6-11(16)8-13(9)15-18-14(19-20-15)10-3-2-4-12(17)7-10/h2-8H,17H2,1H3. The second kappa shape index (κ2) is 5.09. The number of nitrogens with zero attached hydrogens (tertiary/aromatic N) is 2. The molecule has 0 radical (unpaired) electrons. The lowest BCUT2D eigenvalue weighted by atomic mass is 10.1. The Morgan fingerprint density at radius 1 is 1.15 bits per heavy atom. The number of hydrogen-bond donors (Lipinski definition) is 1. The van der Waals surface area contributed by atoms with Crippen LogP contribution >= 0.6 is 15.9 Å². The summed E-state index contributed by atoms with van der Waals surface area (Å²) < 4.78 is 6.33. The van der Waals surface area contributed by atoms with E-state index in [-0.39, 0.29) is 0 Å². The van der Waals surface area contributed by atoms with Gasteiger partial charge in [0.25, 0.3) is 5.89 Å². The van der Waals surface area contributed by atoms with E-state index in [0.29, 0.717) is 17.4 Å². The van der Waals surface area contributed by atoms with Gasteiger partial charge in [0.2, 0.25) is 5.82 Å². The van der Waals surface area contributed by atoms with Gasteiger partial charge in [-0.2, -0.15) is 4.98 Å². The summed E-state index contributed by atoms with van der Waals surface area (Å²) in [4.78, 5) is 4.44. The molecule has 1 aromatic heterocycles. The molecule has 0 aliphatic rings. The van der Waals surface area contributed by atoms with Crippen molar-refractivity contribution in [3.63, 3.8) is 0 Å². The lowest BCUT2D eigenvalue weighted by Gasteiger charge is -2.00. The number of anilines is 1. The molecule has 100 valence electrons. The maximum atomic E-state index is 5.77. The highest BCUT2D eigenvalue weighted by Crippen LogP contribution is 2.27. The molecule has 3 aromatic rings.